The molecule has 0 aliphatic rings. The van der Waals surface area contributed by atoms with E-state index >= 15 is 0 Å². The molecule has 1 heterocycles. The number of urea groups is 1. The summed E-state index contributed by atoms with van der Waals surface area (Å²) in [6.45, 7) is 1.46. The van der Waals surface area contributed by atoms with Gasteiger partial charge in [0, 0.05) is 17.1 Å². The number of rotatable bonds is 7. The molecule has 1 unspecified atom stereocenters. The number of benzene rings is 2. The number of carbonyl (C=O) groups excluding carboxylic acids is 2. The van der Waals surface area contributed by atoms with Crippen molar-refractivity contribution in [3.8, 4) is 0 Å². The van der Waals surface area contributed by atoms with E-state index < -0.39 is 28.0 Å². The third-order valence-electron chi connectivity index (χ3n) is 3.93. The molecule has 10 heteroatoms. The molecule has 8 nitrogen and oxygen atoms in total. The van der Waals surface area contributed by atoms with Crippen LogP contribution in [0.3, 0.4) is 0 Å². The van der Waals surface area contributed by atoms with Gasteiger partial charge in [0.1, 0.15) is 4.21 Å². The molecule has 3 rings (SSSR count). The maximum absolute atomic E-state index is 12.3. The van der Waals surface area contributed by atoms with Crippen molar-refractivity contribution in [3.05, 3.63) is 72.1 Å². The van der Waals surface area contributed by atoms with E-state index in [1.54, 1.807) is 47.8 Å². The van der Waals surface area contributed by atoms with Crippen LogP contribution in [0.25, 0.3) is 0 Å². The number of nitrogens with one attached hydrogen (secondary N) is 4. The number of thiophene rings is 1. The van der Waals surface area contributed by atoms with Gasteiger partial charge in [-0.1, -0.05) is 24.3 Å². The van der Waals surface area contributed by atoms with Crippen LogP contribution in [0.2, 0.25) is 0 Å². The summed E-state index contributed by atoms with van der Waals surface area (Å²) in [5.41, 5.74) is 1.67. The van der Waals surface area contributed by atoms with Crippen LogP contribution in [0.5, 0.6) is 0 Å². The van der Waals surface area contributed by atoms with Gasteiger partial charge in [0.15, 0.2) is 0 Å². The van der Waals surface area contributed by atoms with E-state index in [-0.39, 0.29) is 4.21 Å². The standard InChI is InChI=1S/C20H20N4O4S2/c1-14(24-30(27,28)18-8-5-13-29-18)19(25)21-16-9-11-17(12-10-16)23-20(26)22-15-6-3-2-4-7-15/h2-14,24H,1H3,(H,21,25)(H2,22,23,26). The molecule has 1 aromatic heterocycles. The Bertz CT molecular complexity index is 1100. The minimum absolute atomic E-state index is 0.145. The van der Waals surface area contributed by atoms with Crippen LogP contribution in [-0.2, 0) is 14.8 Å². The molecule has 1 atom stereocenters. The fraction of sp³-hybridized carbons (Fsp3) is 0.100. The topological polar surface area (TPSA) is 116 Å². The van der Waals surface area contributed by atoms with Gasteiger partial charge in [-0.3, -0.25) is 4.79 Å². The molecule has 2 aromatic carbocycles. The van der Waals surface area contributed by atoms with E-state index in [1.807, 2.05) is 18.2 Å². The van der Waals surface area contributed by atoms with E-state index in [0.717, 1.165) is 11.3 Å². The third-order valence-corrected chi connectivity index (χ3v) is 6.87. The van der Waals surface area contributed by atoms with Crippen molar-refractivity contribution in [2.75, 3.05) is 16.0 Å². The molecule has 3 aromatic rings. The van der Waals surface area contributed by atoms with E-state index in [0.29, 0.717) is 17.1 Å². The quantitative estimate of drug-likeness (QED) is 0.445. The molecule has 0 saturated heterocycles. The lowest BCUT2D eigenvalue weighted by Crippen LogP contribution is -2.41. The summed E-state index contributed by atoms with van der Waals surface area (Å²) in [5, 5.41) is 9.68. The Morgan fingerprint density at radius 3 is 1.93 bits per heavy atom. The van der Waals surface area contributed by atoms with Gasteiger partial charge in [-0.2, -0.15) is 4.72 Å². The number of hydrogen-bond donors (Lipinski definition) is 4. The van der Waals surface area contributed by atoms with Gasteiger partial charge < -0.3 is 16.0 Å². The normalized spacial score (nSPS) is 12.0. The minimum Gasteiger partial charge on any atom is -0.325 e. The van der Waals surface area contributed by atoms with Crippen LogP contribution < -0.4 is 20.7 Å². The first kappa shape index (κ1) is 21.5. The van der Waals surface area contributed by atoms with Crippen molar-refractivity contribution in [3.63, 3.8) is 0 Å². The molecule has 0 saturated carbocycles. The highest BCUT2D eigenvalue weighted by Gasteiger charge is 2.22. The number of para-hydroxylation sites is 1. The Hall–Kier alpha value is -3.21. The van der Waals surface area contributed by atoms with Gasteiger partial charge in [-0.05, 0) is 54.8 Å². The van der Waals surface area contributed by atoms with Gasteiger partial charge >= 0.3 is 6.03 Å². The summed E-state index contributed by atoms with van der Waals surface area (Å²) in [6, 6.07) is 17.2. The van der Waals surface area contributed by atoms with Crippen LogP contribution >= 0.6 is 11.3 Å². The second kappa shape index (κ2) is 9.53. The fourth-order valence-electron chi connectivity index (χ4n) is 2.46. The Morgan fingerprint density at radius 2 is 1.37 bits per heavy atom. The molecule has 0 radical (unpaired) electrons. The molecule has 0 bridgehead atoms. The minimum atomic E-state index is -3.75. The summed E-state index contributed by atoms with van der Waals surface area (Å²) < 4.78 is 26.9. The Morgan fingerprint density at radius 1 is 0.800 bits per heavy atom. The van der Waals surface area contributed by atoms with Crippen LogP contribution in [0.4, 0.5) is 21.9 Å². The lowest BCUT2D eigenvalue weighted by Gasteiger charge is -2.14. The average Bonchev–Trinajstić information content (AvgIpc) is 3.26. The molecule has 0 aliphatic heterocycles. The number of carbonyl (C=O) groups is 2. The highest BCUT2D eigenvalue weighted by Crippen LogP contribution is 2.17. The van der Waals surface area contributed by atoms with Gasteiger partial charge in [-0.25, -0.2) is 13.2 Å². The first-order valence-corrected chi connectivity index (χ1v) is 11.3. The molecule has 3 amide bonds. The molecule has 0 spiro atoms. The molecule has 30 heavy (non-hydrogen) atoms. The smallest absolute Gasteiger partial charge is 0.323 e. The number of anilines is 3. The average molecular weight is 445 g/mol. The Labute approximate surface area is 178 Å². The monoisotopic (exact) mass is 444 g/mol. The van der Waals surface area contributed by atoms with Gasteiger partial charge in [-0.15, -0.1) is 11.3 Å². The molecule has 156 valence electrons. The summed E-state index contributed by atoms with van der Waals surface area (Å²) >= 11 is 1.07. The zero-order valence-corrected chi connectivity index (χ0v) is 17.6. The lowest BCUT2D eigenvalue weighted by atomic mass is 10.2. The van der Waals surface area contributed by atoms with Crippen LogP contribution in [-0.4, -0.2) is 26.4 Å². The molecular weight excluding hydrogens is 424 g/mol. The molecule has 0 aliphatic carbocycles. The first-order chi connectivity index (χ1) is 14.3. The summed E-state index contributed by atoms with van der Waals surface area (Å²) in [5.74, 6) is -0.502. The zero-order chi connectivity index (χ0) is 21.6. The second-order valence-corrected chi connectivity index (χ2v) is 9.18. The van der Waals surface area contributed by atoms with E-state index in [1.165, 1.54) is 13.0 Å². The van der Waals surface area contributed by atoms with Crippen molar-refractivity contribution >= 4 is 50.4 Å². The highest BCUT2D eigenvalue weighted by atomic mass is 32.2. The van der Waals surface area contributed by atoms with E-state index in [2.05, 4.69) is 20.7 Å². The summed E-state index contributed by atoms with van der Waals surface area (Å²) in [7, 11) is -3.75. The van der Waals surface area contributed by atoms with Crippen LogP contribution in [0.1, 0.15) is 6.92 Å². The predicted octanol–water partition coefficient (Wildman–Crippen LogP) is 3.70. The molecule has 4 N–H and O–H groups in total. The SMILES string of the molecule is CC(NS(=O)(=O)c1cccs1)C(=O)Nc1ccc(NC(=O)Nc2ccccc2)cc1. The maximum atomic E-state index is 12.3. The van der Waals surface area contributed by atoms with E-state index in [4.69, 9.17) is 0 Å². The molecule has 0 fully saturated rings. The van der Waals surface area contributed by atoms with Crippen molar-refractivity contribution in [2.24, 2.45) is 0 Å². The maximum Gasteiger partial charge on any atom is 0.323 e. The van der Waals surface area contributed by atoms with E-state index in [9.17, 15) is 18.0 Å². The van der Waals surface area contributed by atoms with Crippen LogP contribution in [0, 0.1) is 0 Å². The zero-order valence-electron chi connectivity index (χ0n) is 16.0. The largest absolute Gasteiger partial charge is 0.325 e. The molecular formula is C20H20N4O4S2. The van der Waals surface area contributed by atoms with Crippen molar-refractivity contribution in [1.82, 2.24) is 4.72 Å². The number of hydrogen-bond acceptors (Lipinski definition) is 5. The third kappa shape index (κ3) is 5.89. The predicted molar refractivity (Wildman–Crippen MR) is 118 cm³/mol. The highest BCUT2D eigenvalue weighted by molar-refractivity contribution is 7.91. The summed E-state index contributed by atoms with van der Waals surface area (Å²) in [6.07, 6.45) is 0. The number of amides is 3. The Balaban J connectivity index is 1.53. The van der Waals surface area contributed by atoms with Gasteiger partial charge in [0.2, 0.25) is 5.91 Å². The van der Waals surface area contributed by atoms with Crippen molar-refractivity contribution < 1.29 is 18.0 Å². The van der Waals surface area contributed by atoms with Crippen molar-refractivity contribution in [2.45, 2.75) is 17.2 Å². The second-order valence-electron chi connectivity index (χ2n) is 6.29. The van der Waals surface area contributed by atoms with Crippen molar-refractivity contribution in [1.29, 1.82) is 0 Å². The fourth-order valence-corrected chi connectivity index (χ4v) is 4.68. The Kier molecular flexibility index (Phi) is 6.83. The van der Waals surface area contributed by atoms with Gasteiger partial charge in [0.25, 0.3) is 10.0 Å². The first-order valence-electron chi connectivity index (χ1n) is 8.93. The van der Waals surface area contributed by atoms with Crippen LogP contribution in [0.15, 0.2) is 76.3 Å². The number of sulfonamides is 1. The summed E-state index contributed by atoms with van der Waals surface area (Å²) in [4.78, 5) is 24.3. The van der Waals surface area contributed by atoms with Gasteiger partial charge in [0.05, 0.1) is 6.04 Å². The lowest BCUT2D eigenvalue weighted by molar-refractivity contribution is -0.117.